The van der Waals surface area contributed by atoms with Crippen LogP contribution >= 0.6 is 0 Å². The maximum atomic E-state index is 14.7. The summed E-state index contributed by atoms with van der Waals surface area (Å²) in [6.45, 7) is 9.97. The van der Waals surface area contributed by atoms with Gasteiger partial charge in [0.05, 0.1) is 5.92 Å². The molecule has 3 amide bonds. The van der Waals surface area contributed by atoms with Gasteiger partial charge in [-0.15, -0.1) is 0 Å². The lowest BCUT2D eigenvalue weighted by molar-refractivity contribution is -0.128. The van der Waals surface area contributed by atoms with Gasteiger partial charge in [0, 0.05) is 56.5 Å². The van der Waals surface area contributed by atoms with Crippen molar-refractivity contribution in [2.24, 2.45) is 5.92 Å². The van der Waals surface area contributed by atoms with Crippen LogP contribution in [-0.4, -0.2) is 59.9 Å². The van der Waals surface area contributed by atoms with Crippen molar-refractivity contribution >= 4 is 17.7 Å². The van der Waals surface area contributed by atoms with Crippen molar-refractivity contribution in [1.82, 2.24) is 20.9 Å². The van der Waals surface area contributed by atoms with Gasteiger partial charge in [-0.1, -0.05) is 18.2 Å². The second kappa shape index (κ2) is 12.6. The standard InChI is InChI=1S/C29H37F3N4O3/c1-17(14-33-28(39)26(35-18(2)37)12-19-7-6-8-20(30)11-19)34-27(38)24-16-36(29(3,4)5)15-23(24)22-10-9-21(31)13-25(22)32/h6-11,13,17,23-24,26H,12,14-16H2,1-5H3,(H,33,39)(H,34,38)(H,35,37)/t17-,23-,24+,26-/m0/s1. The van der Waals surface area contributed by atoms with Gasteiger partial charge in [0.15, 0.2) is 0 Å². The highest BCUT2D eigenvalue weighted by molar-refractivity contribution is 5.87. The topological polar surface area (TPSA) is 90.5 Å². The average Bonchev–Trinajstić information content (AvgIpc) is 3.28. The molecule has 39 heavy (non-hydrogen) atoms. The quantitative estimate of drug-likeness (QED) is 0.450. The van der Waals surface area contributed by atoms with Crippen LogP contribution in [0.15, 0.2) is 42.5 Å². The van der Waals surface area contributed by atoms with Crippen LogP contribution in [0.4, 0.5) is 13.2 Å². The van der Waals surface area contributed by atoms with Crippen LogP contribution in [-0.2, 0) is 20.8 Å². The summed E-state index contributed by atoms with van der Waals surface area (Å²) in [4.78, 5) is 40.0. The molecule has 2 aromatic carbocycles. The molecule has 1 aliphatic rings. The zero-order chi connectivity index (χ0) is 28.9. The van der Waals surface area contributed by atoms with Gasteiger partial charge in [-0.05, 0) is 57.0 Å². The third-order valence-corrected chi connectivity index (χ3v) is 6.96. The summed E-state index contributed by atoms with van der Waals surface area (Å²) >= 11 is 0. The monoisotopic (exact) mass is 546 g/mol. The van der Waals surface area contributed by atoms with E-state index in [2.05, 4.69) is 20.9 Å². The average molecular weight is 547 g/mol. The van der Waals surface area contributed by atoms with Crippen LogP contribution in [0.2, 0.25) is 0 Å². The second-order valence-electron chi connectivity index (χ2n) is 11.2. The first-order valence-corrected chi connectivity index (χ1v) is 13.0. The van der Waals surface area contributed by atoms with Crippen LogP contribution < -0.4 is 16.0 Å². The summed E-state index contributed by atoms with van der Waals surface area (Å²) in [5.41, 5.74) is 0.581. The van der Waals surface area contributed by atoms with Gasteiger partial charge in [-0.3, -0.25) is 19.3 Å². The van der Waals surface area contributed by atoms with Gasteiger partial charge in [0.2, 0.25) is 17.7 Å². The van der Waals surface area contributed by atoms with Crippen molar-refractivity contribution in [2.45, 2.75) is 64.6 Å². The third kappa shape index (κ3) is 8.29. The van der Waals surface area contributed by atoms with E-state index in [0.29, 0.717) is 24.2 Å². The lowest BCUT2D eigenvalue weighted by atomic mass is 9.87. The highest BCUT2D eigenvalue weighted by Crippen LogP contribution is 2.37. The van der Waals surface area contributed by atoms with E-state index in [1.807, 2.05) is 20.8 Å². The number of halogens is 3. The number of carbonyl (C=O) groups is 3. The molecule has 1 aliphatic heterocycles. The number of carbonyl (C=O) groups excluding carboxylic acids is 3. The highest BCUT2D eigenvalue weighted by Gasteiger charge is 2.43. The highest BCUT2D eigenvalue weighted by atomic mass is 19.1. The first-order valence-electron chi connectivity index (χ1n) is 13.0. The van der Waals surface area contributed by atoms with E-state index in [-0.39, 0.29) is 24.4 Å². The zero-order valence-electron chi connectivity index (χ0n) is 23.0. The zero-order valence-corrected chi connectivity index (χ0v) is 23.0. The maximum absolute atomic E-state index is 14.7. The molecule has 0 saturated carbocycles. The lowest BCUT2D eigenvalue weighted by Gasteiger charge is -2.31. The Kier molecular flexibility index (Phi) is 9.77. The Balaban J connectivity index is 1.65. The Labute approximate surface area is 227 Å². The van der Waals surface area contributed by atoms with E-state index < -0.39 is 53.2 Å². The van der Waals surface area contributed by atoms with Crippen molar-refractivity contribution < 1.29 is 27.6 Å². The Morgan fingerprint density at radius 2 is 1.69 bits per heavy atom. The van der Waals surface area contributed by atoms with Crippen molar-refractivity contribution in [3.63, 3.8) is 0 Å². The number of benzene rings is 2. The molecule has 0 aromatic heterocycles. The van der Waals surface area contributed by atoms with Gasteiger partial charge in [-0.2, -0.15) is 0 Å². The Morgan fingerprint density at radius 3 is 2.31 bits per heavy atom. The Bertz CT molecular complexity index is 1200. The minimum atomic E-state index is -0.923. The summed E-state index contributed by atoms with van der Waals surface area (Å²) in [6.07, 6.45) is 0.0968. The molecule has 0 radical (unpaired) electrons. The molecule has 0 unspecified atom stereocenters. The Hall–Kier alpha value is -3.40. The number of hydrogen-bond donors (Lipinski definition) is 3. The van der Waals surface area contributed by atoms with Crippen LogP contribution in [0.25, 0.3) is 0 Å². The first kappa shape index (κ1) is 30.1. The molecule has 0 aliphatic carbocycles. The summed E-state index contributed by atoms with van der Waals surface area (Å²) in [6, 6.07) is 7.81. The van der Waals surface area contributed by atoms with E-state index in [9.17, 15) is 27.6 Å². The maximum Gasteiger partial charge on any atom is 0.242 e. The predicted octanol–water partition coefficient (Wildman–Crippen LogP) is 3.29. The molecule has 4 atom stereocenters. The molecular formula is C29H37F3N4O3. The van der Waals surface area contributed by atoms with Crippen molar-refractivity contribution in [3.05, 3.63) is 71.0 Å². The number of rotatable bonds is 9. The van der Waals surface area contributed by atoms with Crippen molar-refractivity contribution in [2.75, 3.05) is 19.6 Å². The molecule has 0 spiro atoms. The number of hydrogen-bond acceptors (Lipinski definition) is 4. The molecule has 1 saturated heterocycles. The van der Waals surface area contributed by atoms with Crippen molar-refractivity contribution in [1.29, 1.82) is 0 Å². The molecule has 1 fully saturated rings. The van der Waals surface area contributed by atoms with Gasteiger partial charge >= 0.3 is 0 Å². The van der Waals surface area contributed by atoms with E-state index in [1.54, 1.807) is 13.0 Å². The van der Waals surface area contributed by atoms with E-state index in [0.717, 1.165) is 6.07 Å². The Morgan fingerprint density at radius 1 is 1.00 bits per heavy atom. The minimum absolute atomic E-state index is 0.0785. The molecular weight excluding hydrogens is 509 g/mol. The smallest absolute Gasteiger partial charge is 0.242 e. The molecule has 7 nitrogen and oxygen atoms in total. The first-order chi connectivity index (χ1) is 18.2. The van der Waals surface area contributed by atoms with Gasteiger partial charge in [0.1, 0.15) is 23.5 Å². The fourth-order valence-electron chi connectivity index (χ4n) is 4.87. The summed E-state index contributed by atoms with van der Waals surface area (Å²) < 4.78 is 41.8. The van der Waals surface area contributed by atoms with Gasteiger partial charge in [0.25, 0.3) is 0 Å². The normalized spacial score (nSPS) is 19.3. The lowest BCUT2D eigenvalue weighted by Crippen LogP contribution is -2.51. The van der Waals surface area contributed by atoms with Crippen LogP contribution in [0, 0.1) is 23.4 Å². The largest absolute Gasteiger partial charge is 0.352 e. The minimum Gasteiger partial charge on any atom is -0.352 e. The predicted molar refractivity (Wildman–Crippen MR) is 142 cm³/mol. The fourth-order valence-corrected chi connectivity index (χ4v) is 4.87. The van der Waals surface area contributed by atoms with Crippen LogP contribution in [0.1, 0.15) is 51.7 Å². The van der Waals surface area contributed by atoms with E-state index in [1.165, 1.54) is 37.3 Å². The molecule has 212 valence electrons. The number of nitrogens with one attached hydrogen (secondary N) is 3. The molecule has 10 heteroatoms. The summed E-state index contributed by atoms with van der Waals surface area (Å²) in [5, 5.41) is 8.22. The fraction of sp³-hybridized carbons (Fsp3) is 0.483. The summed E-state index contributed by atoms with van der Waals surface area (Å²) in [7, 11) is 0. The van der Waals surface area contributed by atoms with E-state index in [4.69, 9.17) is 0 Å². The molecule has 2 aromatic rings. The molecule has 3 N–H and O–H groups in total. The van der Waals surface area contributed by atoms with Crippen LogP contribution in [0.5, 0.6) is 0 Å². The van der Waals surface area contributed by atoms with Gasteiger partial charge < -0.3 is 16.0 Å². The summed E-state index contributed by atoms with van der Waals surface area (Å²) in [5.74, 6) is -4.03. The molecule has 3 rings (SSSR count). The number of likely N-dealkylation sites (tertiary alicyclic amines) is 1. The molecule has 0 bridgehead atoms. The number of amides is 3. The third-order valence-electron chi connectivity index (χ3n) is 6.96. The van der Waals surface area contributed by atoms with Crippen LogP contribution in [0.3, 0.4) is 0 Å². The second-order valence-corrected chi connectivity index (χ2v) is 11.2. The van der Waals surface area contributed by atoms with E-state index >= 15 is 0 Å². The number of nitrogens with zero attached hydrogens (tertiary/aromatic N) is 1. The van der Waals surface area contributed by atoms with Gasteiger partial charge in [-0.25, -0.2) is 13.2 Å². The SMILES string of the molecule is CC(=O)N[C@@H](Cc1cccc(F)c1)C(=O)NC[C@H](C)NC(=O)[C@@H]1CN(C(C)(C)C)C[C@H]1c1ccc(F)cc1F. The molecule has 1 heterocycles. The van der Waals surface area contributed by atoms with Crippen molar-refractivity contribution in [3.8, 4) is 0 Å².